The molecule has 1 saturated heterocycles. The van der Waals surface area contributed by atoms with Crippen molar-refractivity contribution >= 4 is 17.6 Å². The van der Waals surface area contributed by atoms with Gasteiger partial charge in [-0.1, -0.05) is 49.2 Å². The third kappa shape index (κ3) is 4.29. The first-order valence-electron chi connectivity index (χ1n) is 11.1. The van der Waals surface area contributed by atoms with Crippen molar-refractivity contribution in [1.82, 2.24) is 4.90 Å². The van der Waals surface area contributed by atoms with E-state index >= 15 is 0 Å². The summed E-state index contributed by atoms with van der Waals surface area (Å²) in [5, 5.41) is 0. The number of ether oxygens (including phenoxy) is 1. The first-order chi connectivity index (χ1) is 15.0. The quantitative estimate of drug-likeness (QED) is 0.683. The third-order valence-corrected chi connectivity index (χ3v) is 6.58. The lowest BCUT2D eigenvalue weighted by Gasteiger charge is -2.37. The van der Waals surface area contributed by atoms with Gasteiger partial charge in [-0.05, 0) is 38.0 Å². The third-order valence-electron chi connectivity index (χ3n) is 6.58. The van der Waals surface area contributed by atoms with Crippen LogP contribution in [-0.2, 0) is 19.7 Å². The van der Waals surface area contributed by atoms with Gasteiger partial charge >= 0.3 is 5.97 Å². The van der Waals surface area contributed by atoms with Gasteiger partial charge in [-0.2, -0.15) is 0 Å². The Kier molecular flexibility index (Phi) is 6.25. The minimum atomic E-state index is -0.994. The Hall–Kier alpha value is -2.89. The summed E-state index contributed by atoms with van der Waals surface area (Å²) >= 11 is 0. The summed E-state index contributed by atoms with van der Waals surface area (Å²) in [6, 6.07) is 16.5. The van der Waals surface area contributed by atoms with Crippen molar-refractivity contribution < 1.29 is 18.7 Å². The zero-order valence-corrected chi connectivity index (χ0v) is 17.9. The van der Waals surface area contributed by atoms with E-state index in [4.69, 9.17) is 4.74 Å². The Morgan fingerprint density at radius 2 is 1.55 bits per heavy atom. The molecule has 1 heterocycles. The Morgan fingerprint density at radius 1 is 0.935 bits per heavy atom. The first kappa shape index (κ1) is 21.3. The van der Waals surface area contributed by atoms with Crippen molar-refractivity contribution in [3.63, 3.8) is 0 Å². The number of amides is 1. The van der Waals surface area contributed by atoms with Gasteiger partial charge in [0, 0.05) is 37.4 Å². The largest absolute Gasteiger partial charge is 0.452 e. The van der Waals surface area contributed by atoms with Crippen molar-refractivity contribution in [1.29, 1.82) is 0 Å². The van der Waals surface area contributed by atoms with E-state index in [-0.39, 0.29) is 5.91 Å². The molecule has 2 aromatic rings. The molecule has 31 heavy (non-hydrogen) atoms. The van der Waals surface area contributed by atoms with Crippen LogP contribution in [0.1, 0.15) is 38.2 Å². The highest BCUT2D eigenvalue weighted by molar-refractivity contribution is 5.88. The van der Waals surface area contributed by atoms with Crippen molar-refractivity contribution in [3.05, 3.63) is 66.0 Å². The summed E-state index contributed by atoms with van der Waals surface area (Å²) in [5.74, 6) is -1.07. The number of nitrogens with zero attached hydrogens (tertiary/aromatic N) is 2. The zero-order valence-electron chi connectivity index (χ0n) is 17.9. The van der Waals surface area contributed by atoms with E-state index in [2.05, 4.69) is 17.0 Å². The average Bonchev–Trinajstić information content (AvgIpc) is 3.30. The van der Waals surface area contributed by atoms with E-state index in [0.717, 1.165) is 31.6 Å². The molecule has 0 N–H and O–H groups in total. The van der Waals surface area contributed by atoms with Gasteiger partial charge in [0.15, 0.2) is 6.10 Å². The van der Waals surface area contributed by atoms with Gasteiger partial charge in [0.25, 0.3) is 5.91 Å². The number of para-hydroxylation sites is 1. The van der Waals surface area contributed by atoms with Crippen LogP contribution in [0.25, 0.3) is 0 Å². The number of carbonyl (C=O) groups excluding carboxylic acids is 2. The predicted molar refractivity (Wildman–Crippen MR) is 117 cm³/mol. The highest BCUT2D eigenvalue weighted by Gasteiger charge is 2.47. The van der Waals surface area contributed by atoms with Crippen LogP contribution in [-0.4, -0.2) is 49.1 Å². The summed E-state index contributed by atoms with van der Waals surface area (Å²) in [4.78, 5) is 30.1. The topological polar surface area (TPSA) is 49.9 Å². The number of hydrogen-bond donors (Lipinski definition) is 0. The van der Waals surface area contributed by atoms with Crippen LogP contribution in [0, 0.1) is 5.82 Å². The second-order valence-electron chi connectivity index (χ2n) is 8.46. The molecule has 164 valence electrons. The van der Waals surface area contributed by atoms with Gasteiger partial charge in [0.05, 0.1) is 5.41 Å². The predicted octanol–water partition coefficient (Wildman–Crippen LogP) is 3.92. The lowest BCUT2D eigenvalue weighted by molar-refractivity contribution is -0.164. The van der Waals surface area contributed by atoms with E-state index in [9.17, 15) is 14.0 Å². The van der Waals surface area contributed by atoms with Gasteiger partial charge in [0.1, 0.15) is 5.82 Å². The second kappa shape index (κ2) is 9.08. The number of esters is 1. The maximum absolute atomic E-state index is 14.5. The maximum Gasteiger partial charge on any atom is 0.317 e. The van der Waals surface area contributed by atoms with E-state index in [1.54, 1.807) is 30.0 Å². The Morgan fingerprint density at radius 3 is 2.19 bits per heavy atom. The molecule has 1 aliphatic heterocycles. The number of rotatable bonds is 5. The van der Waals surface area contributed by atoms with E-state index in [1.807, 2.05) is 18.2 Å². The average molecular weight is 425 g/mol. The molecule has 6 heteroatoms. The van der Waals surface area contributed by atoms with Crippen LogP contribution in [0.5, 0.6) is 0 Å². The van der Waals surface area contributed by atoms with Gasteiger partial charge < -0.3 is 14.5 Å². The standard InChI is InChI=1S/C25H29FN2O3/c1-19(23(29)28-17-15-27(16-18-28)20-9-3-2-4-10-20)31-24(30)25(13-7-8-14-25)21-11-5-6-12-22(21)26/h2-6,9-12,19H,7-8,13-18H2,1H3/t19-/m1/s1. The summed E-state index contributed by atoms with van der Waals surface area (Å²) in [5.41, 5.74) is 0.530. The number of carbonyl (C=O) groups is 2. The molecule has 1 amide bonds. The normalized spacial score (nSPS) is 19.2. The molecule has 1 saturated carbocycles. The highest BCUT2D eigenvalue weighted by Crippen LogP contribution is 2.43. The van der Waals surface area contributed by atoms with Crippen LogP contribution in [0.3, 0.4) is 0 Å². The molecule has 2 aliphatic rings. The number of anilines is 1. The molecule has 5 nitrogen and oxygen atoms in total. The Labute approximate surface area is 182 Å². The minimum absolute atomic E-state index is 0.192. The van der Waals surface area contributed by atoms with E-state index < -0.39 is 23.3 Å². The summed E-state index contributed by atoms with van der Waals surface area (Å²) < 4.78 is 20.2. The molecule has 2 aromatic carbocycles. The van der Waals surface area contributed by atoms with Crippen molar-refractivity contribution in [2.24, 2.45) is 0 Å². The number of halogens is 1. The zero-order chi connectivity index (χ0) is 21.8. The fourth-order valence-corrected chi connectivity index (χ4v) is 4.82. The van der Waals surface area contributed by atoms with E-state index in [0.29, 0.717) is 31.5 Å². The van der Waals surface area contributed by atoms with Gasteiger partial charge in [-0.25, -0.2) is 4.39 Å². The molecule has 0 unspecified atom stereocenters. The molecule has 0 spiro atoms. The van der Waals surface area contributed by atoms with Crippen molar-refractivity contribution in [2.75, 3.05) is 31.1 Å². The number of benzene rings is 2. The first-order valence-corrected chi connectivity index (χ1v) is 11.1. The summed E-state index contributed by atoms with van der Waals surface area (Å²) in [7, 11) is 0. The molecule has 4 rings (SSSR count). The molecule has 1 atom stereocenters. The van der Waals surface area contributed by atoms with Gasteiger partial charge in [-0.3, -0.25) is 9.59 Å². The van der Waals surface area contributed by atoms with Crippen LogP contribution < -0.4 is 4.90 Å². The maximum atomic E-state index is 14.5. The number of piperazine rings is 1. The Balaban J connectivity index is 1.39. The fraction of sp³-hybridized carbons (Fsp3) is 0.440. The smallest absolute Gasteiger partial charge is 0.317 e. The summed E-state index contributed by atoms with van der Waals surface area (Å²) in [6.45, 7) is 4.24. The van der Waals surface area contributed by atoms with Crippen LogP contribution >= 0.6 is 0 Å². The molecule has 0 bridgehead atoms. The SMILES string of the molecule is C[C@@H](OC(=O)C1(c2ccccc2F)CCCC1)C(=O)N1CCN(c2ccccc2)CC1. The van der Waals surface area contributed by atoms with Crippen molar-refractivity contribution in [3.8, 4) is 0 Å². The van der Waals surface area contributed by atoms with Crippen LogP contribution in [0.2, 0.25) is 0 Å². The van der Waals surface area contributed by atoms with Gasteiger partial charge in [0.2, 0.25) is 0 Å². The van der Waals surface area contributed by atoms with E-state index in [1.165, 1.54) is 6.07 Å². The molecular weight excluding hydrogens is 395 g/mol. The monoisotopic (exact) mass is 424 g/mol. The lowest BCUT2D eigenvalue weighted by atomic mass is 9.78. The fourth-order valence-electron chi connectivity index (χ4n) is 4.82. The van der Waals surface area contributed by atoms with Gasteiger partial charge in [-0.15, -0.1) is 0 Å². The lowest BCUT2D eigenvalue weighted by Crippen LogP contribution is -2.52. The summed E-state index contributed by atoms with van der Waals surface area (Å²) in [6.07, 6.45) is 1.88. The molecule has 1 aliphatic carbocycles. The second-order valence-corrected chi connectivity index (χ2v) is 8.46. The molecular formula is C25H29FN2O3. The molecule has 2 fully saturated rings. The molecule has 0 radical (unpaired) electrons. The van der Waals surface area contributed by atoms with Crippen LogP contribution in [0.4, 0.5) is 10.1 Å². The highest BCUT2D eigenvalue weighted by atomic mass is 19.1. The number of hydrogen-bond acceptors (Lipinski definition) is 4. The van der Waals surface area contributed by atoms with Crippen molar-refractivity contribution in [2.45, 2.75) is 44.1 Å². The molecule has 0 aromatic heterocycles. The Bertz CT molecular complexity index is 919. The minimum Gasteiger partial charge on any atom is -0.452 e. The van der Waals surface area contributed by atoms with Crippen LogP contribution in [0.15, 0.2) is 54.6 Å².